The number of rotatable bonds is 3. The standard InChI is InChI=1S/C16H21F3N2O3/c1-15(2,3)24-14(22)21-8-10(9-21)5-11-7-20-13(23-4)6-12(11)16(17,18)19/h6-7,10H,5,8-9H2,1-4H3. The predicted molar refractivity (Wildman–Crippen MR) is 80.8 cm³/mol. The second-order valence-electron chi connectivity index (χ2n) is 6.84. The molecule has 0 N–H and O–H groups in total. The zero-order chi connectivity index (χ0) is 18.1. The number of ether oxygens (including phenoxy) is 2. The Labute approximate surface area is 138 Å². The predicted octanol–water partition coefficient (Wildman–Crippen LogP) is 3.52. The number of carbonyl (C=O) groups is 1. The first-order valence-electron chi connectivity index (χ1n) is 7.57. The molecule has 2 heterocycles. The molecule has 2 rings (SSSR count). The molecule has 1 amide bonds. The van der Waals surface area contributed by atoms with Crippen molar-refractivity contribution < 1.29 is 27.4 Å². The lowest BCUT2D eigenvalue weighted by Crippen LogP contribution is -2.52. The van der Waals surface area contributed by atoms with Gasteiger partial charge in [0.1, 0.15) is 5.60 Å². The Bertz CT molecular complexity index is 606. The lowest BCUT2D eigenvalue weighted by Gasteiger charge is -2.40. The van der Waals surface area contributed by atoms with Gasteiger partial charge in [-0.2, -0.15) is 13.2 Å². The fraction of sp³-hybridized carbons (Fsp3) is 0.625. The van der Waals surface area contributed by atoms with E-state index in [1.807, 2.05) is 0 Å². The molecule has 0 bridgehead atoms. The van der Waals surface area contributed by atoms with Gasteiger partial charge in [-0.25, -0.2) is 9.78 Å². The van der Waals surface area contributed by atoms with E-state index in [9.17, 15) is 18.0 Å². The molecule has 1 aromatic rings. The summed E-state index contributed by atoms with van der Waals surface area (Å²) in [5.74, 6) is -0.121. The summed E-state index contributed by atoms with van der Waals surface area (Å²) in [5, 5.41) is 0. The number of likely N-dealkylation sites (tertiary alicyclic amines) is 1. The molecule has 0 aromatic carbocycles. The first-order chi connectivity index (χ1) is 11.0. The van der Waals surface area contributed by atoms with Gasteiger partial charge in [-0.15, -0.1) is 0 Å². The van der Waals surface area contributed by atoms with E-state index in [1.165, 1.54) is 18.2 Å². The summed E-state index contributed by atoms with van der Waals surface area (Å²) in [6, 6.07) is 0.902. The van der Waals surface area contributed by atoms with Crippen LogP contribution in [0.2, 0.25) is 0 Å². The Hall–Kier alpha value is -1.99. The molecule has 0 aliphatic carbocycles. The fourth-order valence-electron chi connectivity index (χ4n) is 2.49. The van der Waals surface area contributed by atoms with Crippen molar-refractivity contribution in [3.8, 4) is 5.88 Å². The summed E-state index contributed by atoms with van der Waals surface area (Å²) >= 11 is 0. The van der Waals surface area contributed by atoms with Crippen LogP contribution in [-0.4, -0.2) is 41.8 Å². The highest BCUT2D eigenvalue weighted by molar-refractivity contribution is 5.69. The summed E-state index contributed by atoms with van der Waals surface area (Å²) in [5.41, 5.74) is -1.23. The van der Waals surface area contributed by atoms with Gasteiger partial charge in [0.2, 0.25) is 5.88 Å². The maximum absolute atomic E-state index is 13.2. The van der Waals surface area contributed by atoms with Gasteiger partial charge in [0.05, 0.1) is 12.7 Å². The zero-order valence-corrected chi connectivity index (χ0v) is 14.1. The maximum Gasteiger partial charge on any atom is 0.416 e. The average Bonchev–Trinajstić information content (AvgIpc) is 2.39. The van der Waals surface area contributed by atoms with Crippen LogP contribution in [0.3, 0.4) is 0 Å². The molecule has 24 heavy (non-hydrogen) atoms. The van der Waals surface area contributed by atoms with E-state index >= 15 is 0 Å². The van der Waals surface area contributed by atoms with Crippen LogP contribution < -0.4 is 4.74 Å². The van der Waals surface area contributed by atoms with Crippen molar-refractivity contribution in [2.75, 3.05) is 20.2 Å². The number of methoxy groups -OCH3 is 1. The van der Waals surface area contributed by atoms with E-state index in [4.69, 9.17) is 9.47 Å². The van der Waals surface area contributed by atoms with Crippen molar-refractivity contribution >= 4 is 6.09 Å². The first-order valence-corrected chi connectivity index (χ1v) is 7.57. The Morgan fingerprint density at radius 2 is 1.96 bits per heavy atom. The number of halogens is 3. The molecule has 0 spiro atoms. The van der Waals surface area contributed by atoms with Gasteiger partial charge in [-0.3, -0.25) is 0 Å². The van der Waals surface area contributed by atoms with Crippen LogP contribution in [0, 0.1) is 5.92 Å². The summed E-state index contributed by atoms with van der Waals surface area (Å²) in [6.07, 6.45) is -3.52. The maximum atomic E-state index is 13.2. The third-order valence-electron chi connectivity index (χ3n) is 3.59. The number of amides is 1. The van der Waals surface area contributed by atoms with Crippen LogP contribution in [0.15, 0.2) is 12.3 Å². The second-order valence-corrected chi connectivity index (χ2v) is 6.84. The van der Waals surface area contributed by atoms with E-state index in [1.54, 1.807) is 20.8 Å². The molecule has 0 atom stereocenters. The zero-order valence-electron chi connectivity index (χ0n) is 14.1. The molecule has 1 aliphatic heterocycles. The molecule has 1 aliphatic rings. The molecule has 0 unspecified atom stereocenters. The highest BCUT2D eigenvalue weighted by Crippen LogP contribution is 2.35. The normalized spacial score (nSPS) is 15.9. The molecule has 8 heteroatoms. The van der Waals surface area contributed by atoms with E-state index in [0.29, 0.717) is 13.1 Å². The minimum absolute atomic E-state index is 0.0474. The summed E-state index contributed by atoms with van der Waals surface area (Å²) in [7, 11) is 1.27. The highest BCUT2D eigenvalue weighted by atomic mass is 19.4. The molecule has 1 fully saturated rings. The van der Waals surface area contributed by atoms with Gasteiger partial charge < -0.3 is 14.4 Å². The van der Waals surface area contributed by atoms with E-state index in [-0.39, 0.29) is 23.8 Å². The fourth-order valence-corrected chi connectivity index (χ4v) is 2.49. The van der Waals surface area contributed by atoms with Gasteiger partial charge in [-0.05, 0) is 38.7 Å². The van der Waals surface area contributed by atoms with Crippen LogP contribution in [0.1, 0.15) is 31.9 Å². The molecule has 0 radical (unpaired) electrons. The minimum Gasteiger partial charge on any atom is -0.481 e. The van der Waals surface area contributed by atoms with Crippen LogP contribution in [0.25, 0.3) is 0 Å². The number of carbonyl (C=O) groups excluding carboxylic acids is 1. The van der Waals surface area contributed by atoms with Crippen molar-refractivity contribution in [2.24, 2.45) is 5.92 Å². The molecule has 1 aromatic heterocycles. The quantitative estimate of drug-likeness (QED) is 0.840. The van der Waals surface area contributed by atoms with Gasteiger partial charge >= 0.3 is 12.3 Å². The average molecular weight is 346 g/mol. The SMILES string of the molecule is COc1cc(C(F)(F)F)c(CC2CN(C(=O)OC(C)(C)C)C2)cn1. The topological polar surface area (TPSA) is 51.7 Å². The minimum atomic E-state index is -4.47. The van der Waals surface area contributed by atoms with Crippen LogP contribution in [0.5, 0.6) is 5.88 Å². The van der Waals surface area contributed by atoms with Crippen LogP contribution in [-0.2, 0) is 17.3 Å². The monoisotopic (exact) mass is 346 g/mol. The van der Waals surface area contributed by atoms with E-state index in [2.05, 4.69) is 4.98 Å². The lowest BCUT2D eigenvalue weighted by atomic mass is 9.91. The largest absolute Gasteiger partial charge is 0.481 e. The molecule has 134 valence electrons. The number of nitrogens with zero attached hydrogens (tertiary/aromatic N) is 2. The van der Waals surface area contributed by atoms with Crippen molar-refractivity contribution in [3.63, 3.8) is 0 Å². The van der Waals surface area contributed by atoms with Crippen molar-refractivity contribution in [1.82, 2.24) is 9.88 Å². The molecule has 0 saturated carbocycles. The second kappa shape index (κ2) is 6.49. The lowest BCUT2D eigenvalue weighted by molar-refractivity contribution is -0.138. The molecule has 5 nitrogen and oxygen atoms in total. The Balaban J connectivity index is 2.00. The highest BCUT2D eigenvalue weighted by Gasteiger charge is 2.38. The van der Waals surface area contributed by atoms with E-state index in [0.717, 1.165) is 6.07 Å². The van der Waals surface area contributed by atoms with Crippen LogP contribution >= 0.6 is 0 Å². The van der Waals surface area contributed by atoms with Gasteiger partial charge in [0, 0.05) is 25.4 Å². The Kier molecular flexibility index (Phi) is 4.96. The summed E-state index contributed by atoms with van der Waals surface area (Å²) in [4.78, 5) is 17.2. The van der Waals surface area contributed by atoms with Crippen molar-refractivity contribution in [3.05, 3.63) is 23.4 Å². The third kappa shape index (κ3) is 4.52. The smallest absolute Gasteiger partial charge is 0.416 e. The number of aromatic nitrogens is 1. The summed E-state index contributed by atoms with van der Waals surface area (Å²) < 4.78 is 49.5. The van der Waals surface area contributed by atoms with Gasteiger partial charge in [-0.1, -0.05) is 0 Å². The number of hydrogen-bond donors (Lipinski definition) is 0. The summed E-state index contributed by atoms with van der Waals surface area (Å²) in [6.45, 7) is 6.04. The van der Waals surface area contributed by atoms with Gasteiger partial charge in [0.15, 0.2) is 0 Å². The first kappa shape index (κ1) is 18.4. The number of pyridine rings is 1. The van der Waals surface area contributed by atoms with Crippen LogP contribution in [0.4, 0.5) is 18.0 Å². The molecular weight excluding hydrogens is 325 g/mol. The number of hydrogen-bond acceptors (Lipinski definition) is 4. The van der Waals surface area contributed by atoms with Crippen molar-refractivity contribution in [1.29, 1.82) is 0 Å². The van der Waals surface area contributed by atoms with Gasteiger partial charge in [0.25, 0.3) is 0 Å². The van der Waals surface area contributed by atoms with E-state index < -0.39 is 23.4 Å². The number of alkyl halides is 3. The third-order valence-corrected chi connectivity index (χ3v) is 3.59. The molecule has 1 saturated heterocycles. The van der Waals surface area contributed by atoms with Crippen molar-refractivity contribution in [2.45, 2.75) is 39.0 Å². The molecular formula is C16H21F3N2O3. The Morgan fingerprint density at radius 3 is 2.46 bits per heavy atom. The Morgan fingerprint density at radius 1 is 1.33 bits per heavy atom.